The first-order chi connectivity index (χ1) is 16.3. The molecule has 5 rings (SSSR count). The molecular formula is C26H19BrF3N3O. The van der Waals surface area contributed by atoms with E-state index in [1.54, 1.807) is 0 Å². The topological polar surface area (TPSA) is 45.0 Å². The minimum atomic E-state index is -4.52. The minimum absolute atomic E-state index is 0.177. The van der Waals surface area contributed by atoms with Crippen LogP contribution in [0.15, 0.2) is 93.3 Å². The van der Waals surface area contributed by atoms with Gasteiger partial charge in [-0.3, -0.25) is 19.7 Å². The number of nitrogens with zero attached hydrogens (tertiary/aromatic N) is 3. The lowest BCUT2D eigenvalue weighted by Crippen LogP contribution is -2.31. The Kier molecular flexibility index (Phi) is 5.85. The highest BCUT2D eigenvalue weighted by atomic mass is 79.9. The molecule has 0 aromatic heterocycles. The van der Waals surface area contributed by atoms with Gasteiger partial charge in [-0.1, -0.05) is 64.5 Å². The fourth-order valence-electron chi connectivity index (χ4n) is 4.56. The second-order valence-corrected chi connectivity index (χ2v) is 9.01. The Hall–Kier alpha value is -3.26. The molecule has 34 heavy (non-hydrogen) atoms. The minimum Gasteiger partial charge on any atom is -0.299 e. The molecule has 1 fully saturated rings. The van der Waals surface area contributed by atoms with Crippen LogP contribution >= 0.6 is 15.9 Å². The second-order valence-electron chi connectivity index (χ2n) is 8.10. The van der Waals surface area contributed by atoms with Gasteiger partial charge in [0.2, 0.25) is 0 Å². The third-order valence-electron chi connectivity index (χ3n) is 6.02. The SMILES string of the molecule is O=C1C2=NCCN=C(c3ccccc3)C2[C@H](c2ccc(Br)cc2)N1c1cccc(C(F)(F)F)c1. The molecule has 2 aliphatic rings. The van der Waals surface area contributed by atoms with E-state index in [-0.39, 0.29) is 5.69 Å². The molecule has 1 amide bonds. The van der Waals surface area contributed by atoms with Crippen molar-refractivity contribution in [2.45, 2.75) is 12.2 Å². The first kappa shape index (κ1) is 22.5. The number of amides is 1. The van der Waals surface area contributed by atoms with Crippen molar-refractivity contribution in [2.75, 3.05) is 18.0 Å². The van der Waals surface area contributed by atoms with E-state index in [4.69, 9.17) is 4.99 Å². The number of hydrogen-bond acceptors (Lipinski definition) is 3. The molecule has 0 aliphatic carbocycles. The van der Waals surface area contributed by atoms with Crippen molar-refractivity contribution >= 4 is 38.9 Å². The summed E-state index contributed by atoms with van der Waals surface area (Å²) in [6, 6.07) is 21.3. The molecule has 2 heterocycles. The molecule has 1 saturated heterocycles. The molecule has 2 aliphatic heterocycles. The number of benzene rings is 3. The lowest BCUT2D eigenvalue weighted by molar-refractivity contribution is -0.137. The molecule has 172 valence electrons. The van der Waals surface area contributed by atoms with Crippen LogP contribution < -0.4 is 4.90 Å². The van der Waals surface area contributed by atoms with Crippen molar-refractivity contribution < 1.29 is 18.0 Å². The average Bonchev–Trinajstić information content (AvgIpc) is 2.97. The van der Waals surface area contributed by atoms with E-state index in [1.807, 2.05) is 54.6 Å². The van der Waals surface area contributed by atoms with Crippen molar-refractivity contribution in [3.63, 3.8) is 0 Å². The largest absolute Gasteiger partial charge is 0.416 e. The fourth-order valence-corrected chi connectivity index (χ4v) is 4.82. The van der Waals surface area contributed by atoms with Gasteiger partial charge in [0.1, 0.15) is 5.71 Å². The van der Waals surface area contributed by atoms with Crippen LogP contribution in [0.3, 0.4) is 0 Å². The smallest absolute Gasteiger partial charge is 0.299 e. The monoisotopic (exact) mass is 525 g/mol. The highest BCUT2D eigenvalue weighted by molar-refractivity contribution is 9.10. The van der Waals surface area contributed by atoms with Crippen LogP contribution in [0.1, 0.15) is 22.7 Å². The number of anilines is 1. The predicted octanol–water partition coefficient (Wildman–Crippen LogP) is 6.12. The second kappa shape index (κ2) is 8.83. The van der Waals surface area contributed by atoms with Gasteiger partial charge in [-0.25, -0.2) is 0 Å². The number of rotatable bonds is 3. The van der Waals surface area contributed by atoms with Gasteiger partial charge in [0.05, 0.1) is 36.3 Å². The molecule has 0 bridgehead atoms. The number of aliphatic imine (C=N–C) groups is 2. The molecule has 0 spiro atoms. The molecule has 0 radical (unpaired) electrons. The summed E-state index contributed by atoms with van der Waals surface area (Å²) in [6.07, 6.45) is -4.52. The first-order valence-electron chi connectivity index (χ1n) is 10.7. The Bertz CT molecular complexity index is 1290. The van der Waals surface area contributed by atoms with Crippen molar-refractivity contribution in [3.05, 3.63) is 100 Å². The number of carbonyl (C=O) groups is 1. The number of hydrogen-bond donors (Lipinski definition) is 0. The average molecular weight is 526 g/mol. The van der Waals surface area contributed by atoms with E-state index in [2.05, 4.69) is 20.9 Å². The van der Waals surface area contributed by atoms with Crippen LogP contribution in [0.25, 0.3) is 0 Å². The van der Waals surface area contributed by atoms with Crippen LogP contribution in [0.5, 0.6) is 0 Å². The van der Waals surface area contributed by atoms with Crippen molar-refractivity contribution in [3.8, 4) is 0 Å². The predicted molar refractivity (Wildman–Crippen MR) is 129 cm³/mol. The van der Waals surface area contributed by atoms with Gasteiger partial charge in [-0.15, -0.1) is 0 Å². The van der Waals surface area contributed by atoms with Crippen LogP contribution in [-0.2, 0) is 11.0 Å². The van der Waals surface area contributed by atoms with Gasteiger partial charge < -0.3 is 0 Å². The van der Waals surface area contributed by atoms with Crippen LogP contribution in [0.4, 0.5) is 18.9 Å². The maximum atomic E-state index is 13.7. The summed E-state index contributed by atoms with van der Waals surface area (Å²) < 4.78 is 41.4. The highest BCUT2D eigenvalue weighted by Gasteiger charge is 2.50. The molecule has 4 nitrogen and oxygen atoms in total. The van der Waals surface area contributed by atoms with E-state index in [9.17, 15) is 18.0 Å². The third-order valence-corrected chi connectivity index (χ3v) is 6.55. The van der Waals surface area contributed by atoms with Crippen molar-refractivity contribution in [1.29, 1.82) is 0 Å². The van der Waals surface area contributed by atoms with Crippen LogP contribution in [-0.4, -0.2) is 30.4 Å². The van der Waals surface area contributed by atoms with Crippen LogP contribution in [0.2, 0.25) is 0 Å². The van der Waals surface area contributed by atoms with Crippen molar-refractivity contribution in [2.24, 2.45) is 15.9 Å². The standard InChI is InChI=1S/C26H19BrF3N3O/c27-19-11-9-17(10-12-19)24-21-22(16-5-2-1-3-6-16)31-13-14-32-23(21)25(34)33(24)20-8-4-7-18(15-20)26(28,29)30/h1-12,15,21,24H,13-14H2/t21?,24-/m0/s1. The molecule has 8 heteroatoms. The van der Waals surface area contributed by atoms with Gasteiger partial charge in [0, 0.05) is 10.2 Å². The number of carbonyl (C=O) groups excluding carboxylic acids is 1. The van der Waals surface area contributed by atoms with E-state index in [0.717, 1.165) is 27.7 Å². The first-order valence-corrected chi connectivity index (χ1v) is 11.5. The lowest BCUT2D eigenvalue weighted by atomic mass is 9.85. The van der Waals surface area contributed by atoms with E-state index < -0.39 is 29.6 Å². The quantitative estimate of drug-likeness (QED) is 0.406. The number of fused-ring (bicyclic) bond motifs is 1. The Morgan fingerprint density at radius 3 is 2.21 bits per heavy atom. The molecular weight excluding hydrogens is 507 g/mol. The zero-order valence-corrected chi connectivity index (χ0v) is 19.4. The Morgan fingerprint density at radius 2 is 1.53 bits per heavy atom. The summed E-state index contributed by atoms with van der Waals surface area (Å²) in [5, 5.41) is 0. The highest BCUT2D eigenvalue weighted by Crippen LogP contribution is 2.44. The molecule has 3 aromatic rings. The van der Waals surface area contributed by atoms with Crippen molar-refractivity contribution in [1.82, 2.24) is 0 Å². The molecule has 3 aromatic carbocycles. The van der Waals surface area contributed by atoms with Gasteiger partial charge in [0.25, 0.3) is 5.91 Å². The Balaban J connectivity index is 1.71. The maximum Gasteiger partial charge on any atom is 0.416 e. The summed E-state index contributed by atoms with van der Waals surface area (Å²) in [4.78, 5) is 24.5. The zero-order valence-electron chi connectivity index (χ0n) is 17.8. The molecule has 2 atom stereocenters. The lowest BCUT2D eigenvalue weighted by Gasteiger charge is -2.29. The number of alkyl halides is 3. The fraction of sp³-hybridized carbons (Fsp3) is 0.192. The summed E-state index contributed by atoms with van der Waals surface area (Å²) in [7, 11) is 0. The van der Waals surface area contributed by atoms with E-state index >= 15 is 0 Å². The summed E-state index contributed by atoms with van der Waals surface area (Å²) >= 11 is 3.43. The third kappa shape index (κ3) is 4.07. The zero-order chi connectivity index (χ0) is 23.9. The molecule has 0 saturated carbocycles. The molecule has 0 N–H and O–H groups in total. The maximum absolute atomic E-state index is 13.7. The van der Waals surface area contributed by atoms with Gasteiger partial charge in [-0.05, 0) is 41.5 Å². The van der Waals surface area contributed by atoms with Crippen LogP contribution in [0, 0.1) is 5.92 Å². The summed E-state index contributed by atoms with van der Waals surface area (Å²) in [5.74, 6) is -0.920. The van der Waals surface area contributed by atoms with E-state index in [0.29, 0.717) is 24.5 Å². The Morgan fingerprint density at radius 1 is 0.853 bits per heavy atom. The number of halogens is 4. The molecule has 1 unspecified atom stereocenters. The van der Waals surface area contributed by atoms with Gasteiger partial charge in [0.15, 0.2) is 0 Å². The summed E-state index contributed by atoms with van der Waals surface area (Å²) in [6.45, 7) is 0.783. The van der Waals surface area contributed by atoms with Gasteiger partial charge >= 0.3 is 6.18 Å². The van der Waals surface area contributed by atoms with E-state index in [1.165, 1.54) is 17.0 Å². The normalized spacial score (nSPS) is 20.5. The van der Waals surface area contributed by atoms with Gasteiger partial charge in [-0.2, -0.15) is 13.2 Å². The summed E-state index contributed by atoms with van der Waals surface area (Å²) in [5.41, 5.74) is 2.06. The Labute approximate surface area is 203 Å².